The predicted octanol–water partition coefficient (Wildman–Crippen LogP) is 5.00. The van der Waals surface area contributed by atoms with Gasteiger partial charge in [0.1, 0.15) is 11.6 Å². The molecule has 0 bridgehead atoms. The first-order chi connectivity index (χ1) is 15.8. The van der Waals surface area contributed by atoms with E-state index in [2.05, 4.69) is 20.1 Å². The third kappa shape index (κ3) is 4.17. The van der Waals surface area contributed by atoms with E-state index in [9.17, 15) is 18.4 Å². The molecule has 7 nitrogen and oxygen atoms in total. The van der Waals surface area contributed by atoms with Gasteiger partial charge in [0.05, 0.1) is 41.2 Å². The minimum Gasteiger partial charge on any atom is -0.465 e. The summed E-state index contributed by atoms with van der Waals surface area (Å²) >= 11 is 0. The number of ether oxygens (including phenoxy) is 1. The molecule has 1 amide bonds. The summed E-state index contributed by atoms with van der Waals surface area (Å²) in [5.41, 5.74) is 1.16. The van der Waals surface area contributed by atoms with Gasteiger partial charge in [0, 0.05) is 17.7 Å². The highest BCUT2D eigenvalue weighted by molar-refractivity contribution is 6.13. The number of nitrogens with zero attached hydrogens (tertiary/aromatic N) is 3. The van der Waals surface area contributed by atoms with Crippen molar-refractivity contribution in [3.05, 3.63) is 77.5 Å². The SMILES string of the molecule is COC(=O)c1cc(NC(=O)c2cc(-c3ccccc3)nc3c2cnn3C(C)C)c(F)cc1F. The molecule has 0 unspecified atom stereocenters. The molecule has 4 rings (SSSR count). The lowest BCUT2D eigenvalue weighted by Gasteiger charge is -2.12. The first-order valence-electron chi connectivity index (χ1n) is 10.1. The first kappa shape index (κ1) is 22.1. The molecule has 1 N–H and O–H groups in total. The van der Waals surface area contributed by atoms with Gasteiger partial charge in [-0.2, -0.15) is 5.10 Å². The molecule has 9 heteroatoms. The zero-order valence-electron chi connectivity index (χ0n) is 18.1. The maximum absolute atomic E-state index is 14.4. The summed E-state index contributed by atoms with van der Waals surface area (Å²) in [4.78, 5) is 29.7. The summed E-state index contributed by atoms with van der Waals surface area (Å²) in [6.07, 6.45) is 1.52. The van der Waals surface area contributed by atoms with Gasteiger partial charge in [-0.25, -0.2) is 23.2 Å². The largest absolute Gasteiger partial charge is 0.465 e. The van der Waals surface area contributed by atoms with Gasteiger partial charge in [0.15, 0.2) is 5.65 Å². The zero-order chi connectivity index (χ0) is 23.7. The van der Waals surface area contributed by atoms with Crippen LogP contribution in [0.5, 0.6) is 0 Å². The Labute approximate surface area is 188 Å². The van der Waals surface area contributed by atoms with Gasteiger partial charge in [-0.15, -0.1) is 0 Å². The molecule has 0 aliphatic carbocycles. The smallest absolute Gasteiger partial charge is 0.340 e. The van der Waals surface area contributed by atoms with Crippen molar-refractivity contribution in [3.8, 4) is 11.3 Å². The van der Waals surface area contributed by atoms with Crippen molar-refractivity contribution in [1.29, 1.82) is 0 Å². The molecule has 0 aliphatic heterocycles. The van der Waals surface area contributed by atoms with Crippen LogP contribution < -0.4 is 5.32 Å². The summed E-state index contributed by atoms with van der Waals surface area (Å²) < 4.78 is 34.6. The summed E-state index contributed by atoms with van der Waals surface area (Å²) in [5, 5.41) is 7.24. The van der Waals surface area contributed by atoms with E-state index in [4.69, 9.17) is 0 Å². The highest BCUT2D eigenvalue weighted by Gasteiger charge is 2.22. The lowest BCUT2D eigenvalue weighted by Crippen LogP contribution is -2.16. The second-order valence-corrected chi connectivity index (χ2v) is 7.60. The molecular weight excluding hydrogens is 430 g/mol. The number of hydrogen-bond donors (Lipinski definition) is 1. The van der Waals surface area contributed by atoms with Crippen LogP contribution in [0, 0.1) is 11.6 Å². The third-order valence-corrected chi connectivity index (χ3v) is 5.08. The molecule has 2 heterocycles. The highest BCUT2D eigenvalue weighted by Crippen LogP contribution is 2.28. The quantitative estimate of drug-likeness (QED) is 0.433. The van der Waals surface area contributed by atoms with E-state index in [1.165, 1.54) is 6.20 Å². The average Bonchev–Trinajstić information content (AvgIpc) is 3.24. The second-order valence-electron chi connectivity index (χ2n) is 7.60. The van der Waals surface area contributed by atoms with Crippen LogP contribution in [0.4, 0.5) is 14.5 Å². The van der Waals surface area contributed by atoms with E-state index >= 15 is 0 Å². The Morgan fingerprint density at radius 3 is 2.42 bits per heavy atom. The van der Waals surface area contributed by atoms with E-state index in [1.807, 2.05) is 44.2 Å². The molecule has 2 aromatic heterocycles. The van der Waals surface area contributed by atoms with E-state index in [0.717, 1.165) is 18.7 Å². The van der Waals surface area contributed by atoms with Crippen molar-refractivity contribution in [1.82, 2.24) is 14.8 Å². The Balaban J connectivity index is 1.83. The molecule has 0 radical (unpaired) electrons. The van der Waals surface area contributed by atoms with E-state index in [1.54, 1.807) is 10.7 Å². The number of hydrogen-bond acceptors (Lipinski definition) is 5. The second kappa shape index (κ2) is 8.78. The number of carbonyl (C=O) groups excluding carboxylic acids is 2. The number of anilines is 1. The lowest BCUT2D eigenvalue weighted by molar-refractivity contribution is 0.0595. The lowest BCUT2D eigenvalue weighted by atomic mass is 10.1. The van der Waals surface area contributed by atoms with Crippen LogP contribution in [0.1, 0.15) is 40.6 Å². The van der Waals surface area contributed by atoms with Gasteiger partial charge in [-0.1, -0.05) is 30.3 Å². The molecule has 168 valence electrons. The van der Waals surface area contributed by atoms with Crippen molar-refractivity contribution in [2.75, 3.05) is 12.4 Å². The fraction of sp³-hybridized carbons (Fsp3) is 0.167. The van der Waals surface area contributed by atoms with Crippen LogP contribution in [-0.2, 0) is 4.74 Å². The summed E-state index contributed by atoms with van der Waals surface area (Å²) in [5.74, 6) is -3.77. The minimum absolute atomic E-state index is 0.0194. The summed E-state index contributed by atoms with van der Waals surface area (Å²) in [6, 6.07) is 12.3. The van der Waals surface area contributed by atoms with Crippen LogP contribution in [-0.4, -0.2) is 33.8 Å². The third-order valence-electron chi connectivity index (χ3n) is 5.08. The zero-order valence-corrected chi connectivity index (χ0v) is 18.1. The van der Waals surface area contributed by atoms with Crippen molar-refractivity contribution in [3.63, 3.8) is 0 Å². The molecule has 0 saturated carbocycles. The number of carbonyl (C=O) groups is 2. The maximum atomic E-state index is 14.4. The molecule has 33 heavy (non-hydrogen) atoms. The number of methoxy groups -OCH3 is 1. The molecular formula is C24H20F2N4O3. The number of pyridine rings is 1. The topological polar surface area (TPSA) is 86.1 Å². The van der Waals surface area contributed by atoms with Crippen LogP contribution in [0.2, 0.25) is 0 Å². The fourth-order valence-corrected chi connectivity index (χ4v) is 3.44. The maximum Gasteiger partial charge on any atom is 0.340 e. The Morgan fingerprint density at radius 1 is 1.03 bits per heavy atom. The number of amides is 1. The number of nitrogens with one attached hydrogen (secondary N) is 1. The fourth-order valence-electron chi connectivity index (χ4n) is 3.44. The minimum atomic E-state index is -1.09. The van der Waals surface area contributed by atoms with E-state index in [-0.39, 0.29) is 17.3 Å². The van der Waals surface area contributed by atoms with Crippen molar-refractivity contribution >= 4 is 28.6 Å². The number of rotatable bonds is 5. The Morgan fingerprint density at radius 2 is 1.76 bits per heavy atom. The van der Waals surface area contributed by atoms with Crippen LogP contribution >= 0.6 is 0 Å². The molecule has 0 atom stereocenters. The van der Waals surface area contributed by atoms with Crippen molar-refractivity contribution in [2.45, 2.75) is 19.9 Å². The van der Waals surface area contributed by atoms with Crippen LogP contribution in [0.3, 0.4) is 0 Å². The number of halogens is 2. The van der Waals surface area contributed by atoms with Gasteiger partial charge in [0.25, 0.3) is 5.91 Å². The molecule has 2 aromatic carbocycles. The van der Waals surface area contributed by atoms with Crippen molar-refractivity contribution in [2.24, 2.45) is 0 Å². The van der Waals surface area contributed by atoms with E-state index < -0.39 is 29.1 Å². The van der Waals surface area contributed by atoms with Crippen LogP contribution in [0.15, 0.2) is 54.7 Å². The number of aromatic nitrogens is 3. The Hall–Kier alpha value is -4.14. The van der Waals surface area contributed by atoms with Crippen LogP contribution in [0.25, 0.3) is 22.3 Å². The van der Waals surface area contributed by atoms with Gasteiger partial charge < -0.3 is 10.1 Å². The average molecular weight is 450 g/mol. The predicted molar refractivity (Wildman–Crippen MR) is 119 cm³/mol. The summed E-state index contributed by atoms with van der Waals surface area (Å²) in [7, 11) is 1.08. The van der Waals surface area contributed by atoms with Gasteiger partial charge in [0.2, 0.25) is 0 Å². The monoisotopic (exact) mass is 450 g/mol. The van der Waals surface area contributed by atoms with E-state index in [0.29, 0.717) is 22.8 Å². The standard InChI is InChI=1S/C24H20F2N4O3/c1-13(2)30-22-17(12-27-30)15(9-20(28-22)14-7-5-4-6-8-14)23(31)29-21-10-16(24(32)33-3)18(25)11-19(21)26/h4-13H,1-3H3,(H,29,31). The molecule has 0 spiro atoms. The first-order valence-corrected chi connectivity index (χ1v) is 10.1. The summed E-state index contributed by atoms with van der Waals surface area (Å²) in [6.45, 7) is 3.87. The normalized spacial score (nSPS) is 11.1. The number of fused-ring (bicyclic) bond motifs is 1. The number of benzene rings is 2. The van der Waals surface area contributed by atoms with Gasteiger partial charge >= 0.3 is 5.97 Å². The van der Waals surface area contributed by atoms with Crippen molar-refractivity contribution < 1.29 is 23.1 Å². The van der Waals surface area contributed by atoms with Gasteiger partial charge in [-0.3, -0.25) is 4.79 Å². The van der Waals surface area contributed by atoms with Gasteiger partial charge in [-0.05, 0) is 26.0 Å². The number of esters is 1. The molecule has 0 aliphatic rings. The Bertz CT molecular complexity index is 1370. The molecule has 0 saturated heterocycles. The molecule has 4 aromatic rings. The highest BCUT2D eigenvalue weighted by atomic mass is 19.1. The Kier molecular flexibility index (Phi) is 5.87. The molecule has 0 fully saturated rings.